The molecule has 8 heteroatoms. The molecule has 0 bridgehead atoms. The molecule has 0 radical (unpaired) electrons. The van der Waals surface area contributed by atoms with E-state index in [0.29, 0.717) is 0 Å². The molecule has 17 heavy (non-hydrogen) atoms. The average molecular weight is 254 g/mol. The summed E-state index contributed by atoms with van der Waals surface area (Å²) >= 11 is 0. The standard InChI is InChI=1S/C9H4F6N2/c10-5-3-17-7(8(11)12)4(1-2-16)6(5)9(13,14)15/h3,8H,1H2. The molecule has 0 unspecified atom stereocenters. The Bertz CT molecular complexity index is 460. The molecule has 0 aliphatic rings. The minimum Gasteiger partial charge on any atom is -0.252 e. The van der Waals surface area contributed by atoms with Crippen LogP contribution in [0.25, 0.3) is 0 Å². The SMILES string of the molecule is N#CCc1c(C(F)F)ncc(F)c1C(F)(F)F. The fourth-order valence-electron chi connectivity index (χ4n) is 1.29. The first kappa shape index (κ1) is 13.3. The third-order valence-electron chi connectivity index (χ3n) is 1.91. The van der Waals surface area contributed by atoms with Gasteiger partial charge in [0.05, 0.1) is 24.3 Å². The minimum absolute atomic E-state index is 0.0746. The third kappa shape index (κ3) is 2.67. The summed E-state index contributed by atoms with van der Waals surface area (Å²) in [6.45, 7) is 0. The number of alkyl halides is 5. The Morgan fingerprint density at radius 2 is 1.94 bits per heavy atom. The average Bonchev–Trinajstić information content (AvgIpc) is 2.15. The summed E-state index contributed by atoms with van der Waals surface area (Å²) in [5.41, 5.74) is -4.19. The summed E-state index contributed by atoms with van der Waals surface area (Å²) in [7, 11) is 0. The predicted octanol–water partition coefficient (Wildman–Crippen LogP) is 3.24. The van der Waals surface area contributed by atoms with Gasteiger partial charge in [0.15, 0.2) is 5.82 Å². The smallest absolute Gasteiger partial charge is 0.252 e. The first-order valence-corrected chi connectivity index (χ1v) is 4.18. The van der Waals surface area contributed by atoms with Crippen LogP contribution in [0, 0.1) is 17.1 Å². The third-order valence-corrected chi connectivity index (χ3v) is 1.91. The highest BCUT2D eigenvalue weighted by molar-refractivity contribution is 5.36. The van der Waals surface area contributed by atoms with Gasteiger partial charge in [0.1, 0.15) is 5.69 Å². The largest absolute Gasteiger partial charge is 0.419 e. The van der Waals surface area contributed by atoms with E-state index in [0.717, 1.165) is 0 Å². The van der Waals surface area contributed by atoms with Crippen LogP contribution in [-0.4, -0.2) is 4.98 Å². The molecule has 0 aliphatic heterocycles. The molecule has 1 rings (SSSR count). The Kier molecular flexibility index (Phi) is 3.60. The highest BCUT2D eigenvalue weighted by atomic mass is 19.4. The molecule has 0 amide bonds. The lowest BCUT2D eigenvalue weighted by Gasteiger charge is -2.14. The predicted molar refractivity (Wildman–Crippen MR) is 43.5 cm³/mol. The quantitative estimate of drug-likeness (QED) is 0.759. The molecule has 0 saturated heterocycles. The number of nitrogens with zero attached hydrogens (tertiary/aromatic N) is 2. The van der Waals surface area contributed by atoms with E-state index < -0.39 is 41.7 Å². The molecule has 0 fully saturated rings. The summed E-state index contributed by atoms with van der Waals surface area (Å²) in [6.07, 6.45) is -9.37. The van der Waals surface area contributed by atoms with Gasteiger partial charge in [-0.05, 0) is 0 Å². The van der Waals surface area contributed by atoms with Gasteiger partial charge in [0, 0.05) is 5.56 Å². The Balaban J connectivity index is 3.56. The second kappa shape index (κ2) is 4.61. The fourth-order valence-corrected chi connectivity index (χ4v) is 1.29. The van der Waals surface area contributed by atoms with Crippen LogP contribution in [-0.2, 0) is 12.6 Å². The van der Waals surface area contributed by atoms with Gasteiger partial charge in [-0.3, -0.25) is 4.98 Å². The number of hydrogen-bond donors (Lipinski definition) is 0. The molecule has 0 atom stereocenters. The zero-order valence-electron chi connectivity index (χ0n) is 8.02. The Labute approximate surface area is 91.5 Å². The second-order valence-electron chi connectivity index (χ2n) is 2.98. The van der Waals surface area contributed by atoms with Crippen molar-refractivity contribution in [1.82, 2.24) is 4.98 Å². The van der Waals surface area contributed by atoms with Crippen molar-refractivity contribution in [3.8, 4) is 6.07 Å². The lowest BCUT2D eigenvalue weighted by atomic mass is 10.0. The van der Waals surface area contributed by atoms with Gasteiger partial charge >= 0.3 is 6.18 Å². The van der Waals surface area contributed by atoms with Gasteiger partial charge in [0.2, 0.25) is 0 Å². The van der Waals surface area contributed by atoms with Crippen LogP contribution in [0.15, 0.2) is 6.20 Å². The fraction of sp³-hybridized carbons (Fsp3) is 0.333. The second-order valence-corrected chi connectivity index (χ2v) is 2.98. The van der Waals surface area contributed by atoms with E-state index in [9.17, 15) is 26.3 Å². The molecule has 92 valence electrons. The van der Waals surface area contributed by atoms with E-state index >= 15 is 0 Å². The molecule has 0 N–H and O–H groups in total. The Hall–Kier alpha value is -1.78. The summed E-state index contributed by atoms with van der Waals surface area (Å²) in [6, 6.07) is 1.28. The molecule has 1 heterocycles. The lowest BCUT2D eigenvalue weighted by molar-refractivity contribution is -0.140. The van der Waals surface area contributed by atoms with E-state index in [1.807, 2.05) is 0 Å². The lowest BCUT2D eigenvalue weighted by Crippen LogP contribution is -2.15. The zero-order chi connectivity index (χ0) is 13.2. The van der Waals surface area contributed by atoms with E-state index in [-0.39, 0.29) is 6.20 Å². The summed E-state index contributed by atoms with van der Waals surface area (Å²) in [5, 5.41) is 8.29. The first-order valence-electron chi connectivity index (χ1n) is 4.18. The van der Waals surface area contributed by atoms with Crippen LogP contribution in [0.1, 0.15) is 23.2 Å². The maximum Gasteiger partial charge on any atom is 0.419 e. The molecule has 0 spiro atoms. The summed E-state index contributed by atoms with van der Waals surface area (Å²) in [4.78, 5) is 2.89. The van der Waals surface area contributed by atoms with Gasteiger partial charge in [-0.25, -0.2) is 13.2 Å². The van der Waals surface area contributed by atoms with Crippen LogP contribution in [0.3, 0.4) is 0 Å². The normalized spacial score (nSPS) is 11.6. The van der Waals surface area contributed by atoms with Crippen LogP contribution < -0.4 is 0 Å². The first-order chi connectivity index (χ1) is 7.79. The van der Waals surface area contributed by atoms with Crippen molar-refractivity contribution in [2.75, 3.05) is 0 Å². The molecular formula is C9H4F6N2. The van der Waals surface area contributed by atoms with Crippen molar-refractivity contribution >= 4 is 0 Å². The number of aromatic nitrogens is 1. The number of rotatable bonds is 2. The van der Waals surface area contributed by atoms with E-state index in [1.54, 1.807) is 0 Å². The molecule has 0 aliphatic carbocycles. The van der Waals surface area contributed by atoms with Gasteiger partial charge < -0.3 is 0 Å². The molecular weight excluding hydrogens is 250 g/mol. The monoisotopic (exact) mass is 254 g/mol. The topological polar surface area (TPSA) is 36.7 Å². The Morgan fingerprint density at radius 1 is 1.35 bits per heavy atom. The van der Waals surface area contributed by atoms with E-state index in [2.05, 4.69) is 4.98 Å². The van der Waals surface area contributed by atoms with Gasteiger partial charge in [0.25, 0.3) is 6.43 Å². The molecule has 0 saturated carbocycles. The van der Waals surface area contributed by atoms with Crippen LogP contribution in [0.2, 0.25) is 0 Å². The van der Waals surface area contributed by atoms with E-state index in [4.69, 9.17) is 5.26 Å². The number of nitriles is 1. The number of halogens is 6. The number of pyridine rings is 1. The molecule has 0 aromatic carbocycles. The van der Waals surface area contributed by atoms with Crippen molar-refractivity contribution in [3.63, 3.8) is 0 Å². The summed E-state index contributed by atoms with van der Waals surface area (Å²) in [5.74, 6) is -1.77. The van der Waals surface area contributed by atoms with Crippen molar-refractivity contribution in [2.45, 2.75) is 19.0 Å². The van der Waals surface area contributed by atoms with Crippen molar-refractivity contribution in [1.29, 1.82) is 5.26 Å². The maximum atomic E-state index is 13.0. The van der Waals surface area contributed by atoms with Crippen molar-refractivity contribution in [2.24, 2.45) is 0 Å². The van der Waals surface area contributed by atoms with Crippen molar-refractivity contribution in [3.05, 3.63) is 28.8 Å². The van der Waals surface area contributed by atoms with Crippen LogP contribution in [0.5, 0.6) is 0 Å². The highest BCUT2D eigenvalue weighted by Gasteiger charge is 2.39. The van der Waals surface area contributed by atoms with Gasteiger partial charge in [-0.2, -0.15) is 18.4 Å². The van der Waals surface area contributed by atoms with E-state index in [1.165, 1.54) is 6.07 Å². The zero-order valence-corrected chi connectivity index (χ0v) is 8.02. The molecule has 1 aromatic heterocycles. The van der Waals surface area contributed by atoms with Gasteiger partial charge in [-0.1, -0.05) is 0 Å². The number of hydrogen-bond acceptors (Lipinski definition) is 2. The molecule has 1 aromatic rings. The Morgan fingerprint density at radius 3 is 2.35 bits per heavy atom. The van der Waals surface area contributed by atoms with Crippen molar-refractivity contribution < 1.29 is 26.3 Å². The van der Waals surface area contributed by atoms with Crippen LogP contribution in [0.4, 0.5) is 26.3 Å². The van der Waals surface area contributed by atoms with Crippen LogP contribution >= 0.6 is 0 Å². The molecule has 2 nitrogen and oxygen atoms in total. The minimum atomic E-state index is -5.15. The van der Waals surface area contributed by atoms with Gasteiger partial charge in [-0.15, -0.1) is 0 Å². The summed E-state index contributed by atoms with van der Waals surface area (Å²) < 4.78 is 75.1. The maximum absolute atomic E-state index is 13.0. The highest BCUT2D eigenvalue weighted by Crippen LogP contribution is 2.37.